The molecule has 2 bridgehead atoms. The second kappa shape index (κ2) is 8.67. The van der Waals surface area contributed by atoms with Crippen molar-refractivity contribution in [1.29, 1.82) is 0 Å². The van der Waals surface area contributed by atoms with Gasteiger partial charge in [0.15, 0.2) is 5.82 Å². The lowest BCUT2D eigenvalue weighted by Gasteiger charge is -2.39. The van der Waals surface area contributed by atoms with E-state index in [0.29, 0.717) is 18.6 Å². The maximum absolute atomic E-state index is 11.8. The summed E-state index contributed by atoms with van der Waals surface area (Å²) in [6, 6.07) is 8.81. The summed E-state index contributed by atoms with van der Waals surface area (Å²) in [6.45, 7) is 6.99. The predicted octanol–water partition coefficient (Wildman–Crippen LogP) is 3.20. The molecule has 2 unspecified atom stereocenters. The molecular formula is C24H32N6O2. The molecule has 0 aliphatic carbocycles. The Morgan fingerprint density at radius 1 is 1.22 bits per heavy atom. The molecule has 0 spiro atoms. The van der Waals surface area contributed by atoms with Gasteiger partial charge < -0.3 is 20.3 Å². The van der Waals surface area contributed by atoms with Crippen molar-refractivity contribution in [2.24, 2.45) is 0 Å². The fourth-order valence-electron chi connectivity index (χ4n) is 5.23. The number of hydrogen-bond donors (Lipinski definition) is 2. The maximum atomic E-state index is 11.8. The monoisotopic (exact) mass is 436 g/mol. The number of benzene rings is 1. The lowest BCUT2D eigenvalue weighted by molar-refractivity contribution is 0.0982. The number of carbonyl (C=O) groups is 1. The number of urea groups is 1. The van der Waals surface area contributed by atoms with E-state index in [2.05, 4.69) is 34.4 Å². The largest absolute Gasteiger partial charge is 0.377 e. The van der Waals surface area contributed by atoms with Crippen molar-refractivity contribution in [2.45, 2.75) is 51.2 Å². The molecule has 170 valence electrons. The van der Waals surface area contributed by atoms with Gasteiger partial charge >= 0.3 is 6.03 Å². The van der Waals surface area contributed by atoms with Gasteiger partial charge in [-0.3, -0.25) is 4.90 Å². The van der Waals surface area contributed by atoms with Crippen molar-refractivity contribution in [1.82, 2.24) is 20.2 Å². The minimum Gasteiger partial charge on any atom is -0.377 e. The number of aromatic nitrogens is 2. The molecule has 8 heteroatoms. The molecule has 2 saturated heterocycles. The van der Waals surface area contributed by atoms with Gasteiger partial charge in [-0.1, -0.05) is 0 Å². The first-order valence-corrected chi connectivity index (χ1v) is 11.7. The summed E-state index contributed by atoms with van der Waals surface area (Å²) >= 11 is 0. The second-order valence-electron chi connectivity index (χ2n) is 9.03. The van der Waals surface area contributed by atoms with Crippen molar-refractivity contribution in [3.63, 3.8) is 0 Å². The first-order chi connectivity index (χ1) is 15.5. The van der Waals surface area contributed by atoms with E-state index < -0.39 is 0 Å². The van der Waals surface area contributed by atoms with Gasteiger partial charge in [-0.2, -0.15) is 0 Å². The number of nitrogens with one attached hydrogen (secondary N) is 2. The van der Waals surface area contributed by atoms with E-state index in [1.807, 2.05) is 31.2 Å². The van der Waals surface area contributed by atoms with Gasteiger partial charge in [0.05, 0.1) is 31.0 Å². The molecule has 1 aromatic heterocycles. The summed E-state index contributed by atoms with van der Waals surface area (Å²) in [4.78, 5) is 26.9. The van der Waals surface area contributed by atoms with Crippen LogP contribution in [0.5, 0.6) is 0 Å². The van der Waals surface area contributed by atoms with E-state index in [4.69, 9.17) is 14.7 Å². The van der Waals surface area contributed by atoms with Crippen LogP contribution < -0.4 is 15.5 Å². The van der Waals surface area contributed by atoms with Crippen LogP contribution in [0, 0.1) is 0 Å². The highest BCUT2D eigenvalue weighted by Gasteiger charge is 2.41. The Bertz CT molecular complexity index is 995. The van der Waals surface area contributed by atoms with Crippen LogP contribution in [-0.2, 0) is 11.2 Å². The molecule has 32 heavy (non-hydrogen) atoms. The minimum atomic E-state index is -0.201. The Labute approximate surface area is 189 Å². The molecular weight excluding hydrogens is 404 g/mol. The molecule has 3 atom stereocenters. The Kier molecular flexibility index (Phi) is 5.73. The summed E-state index contributed by atoms with van der Waals surface area (Å²) in [5.41, 5.74) is 4.21. The zero-order valence-corrected chi connectivity index (χ0v) is 19.1. The lowest BCUT2D eigenvalue weighted by Crippen LogP contribution is -2.46. The fourth-order valence-corrected chi connectivity index (χ4v) is 5.23. The molecule has 4 heterocycles. The number of amides is 2. The van der Waals surface area contributed by atoms with Gasteiger partial charge in [0.25, 0.3) is 0 Å². The topological polar surface area (TPSA) is 82.6 Å². The Hall–Kier alpha value is -2.71. The van der Waals surface area contributed by atoms with Crippen LogP contribution in [0.2, 0.25) is 0 Å². The number of hydrogen-bond acceptors (Lipinski definition) is 6. The van der Waals surface area contributed by atoms with Gasteiger partial charge in [0.1, 0.15) is 5.82 Å². The van der Waals surface area contributed by atoms with Crippen LogP contribution in [-0.4, -0.2) is 66.3 Å². The van der Waals surface area contributed by atoms with Crippen molar-refractivity contribution in [3.05, 3.63) is 35.5 Å². The van der Waals surface area contributed by atoms with Crippen LogP contribution in [0.4, 0.5) is 16.3 Å². The van der Waals surface area contributed by atoms with Crippen molar-refractivity contribution >= 4 is 17.5 Å². The number of likely N-dealkylation sites (N-methyl/N-ethyl adjacent to an activating group) is 1. The van der Waals surface area contributed by atoms with Crippen molar-refractivity contribution in [3.8, 4) is 11.4 Å². The minimum absolute atomic E-state index is 0.201. The van der Waals surface area contributed by atoms with Crippen LogP contribution in [0.15, 0.2) is 24.3 Å². The zero-order valence-electron chi connectivity index (χ0n) is 19.1. The summed E-state index contributed by atoms with van der Waals surface area (Å²) in [5, 5.41) is 5.59. The normalized spacial score (nSPS) is 24.8. The number of rotatable bonds is 4. The molecule has 8 nitrogen and oxygen atoms in total. The lowest BCUT2D eigenvalue weighted by atomic mass is 9.97. The number of ether oxygens (including phenoxy) is 1. The number of fused-ring (bicyclic) bond motifs is 4. The first kappa shape index (κ1) is 21.2. The highest BCUT2D eigenvalue weighted by Crippen LogP contribution is 2.45. The third-order valence-electron chi connectivity index (χ3n) is 6.99. The molecule has 3 aliphatic heterocycles. The van der Waals surface area contributed by atoms with Crippen LogP contribution >= 0.6 is 0 Å². The van der Waals surface area contributed by atoms with Gasteiger partial charge in [-0.25, -0.2) is 14.8 Å². The molecule has 2 N–H and O–H groups in total. The Balaban J connectivity index is 1.52. The molecule has 3 aliphatic rings. The molecule has 0 saturated carbocycles. The third kappa shape index (κ3) is 3.82. The van der Waals surface area contributed by atoms with Crippen LogP contribution in [0.1, 0.15) is 44.0 Å². The third-order valence-corrected chi connectivity index (χ3v) is 6.99. The standard InChI is InChI=1S/C24H32N6O2/c1-4-25-24(31)26-17-7-5-16(6-8-17)22-27-21-19(13-18-9-10-20(21)29(18)3)23(28-22)30-11-12-32-14-15(30)2/h5-8,15,18,20H,4,9-14H2,1-3H3,(H2,25,26,31)/t15-,18?,20?/m0/s1. The molecule has 2 amide bonds. The van der Waals surface area contributed by atoms with Crippen molar-refractivity contribution in [2.75, 3.05) is 43.6 Å². The molecule has 2 fully saturated rings. The van der Waals surface area contributed by atoms with E-state index in [0.717, 1.165) is 55.5 Å². The van der Waals surface area contributed by atoms with Gasteiger partial charge in [0.2, 0.25) is 0 Å². The van der Waals surface area contributed by atoms with Crippen LogP contribution in [0.25, 0.3) is 11.4 Å². The molecule has 2 aromatic rings. The van der Waals surface area contributed by atoms with E-state index in [1.165, 1.54) is 17.7 Å². The molecule has 1 aromatic carbocycles. The molecule has 0 radical (unpaired) electrons. The number of nitrogens with zero attached hydrogens (tertiary/aromatic N) is 4. The zero-order chi connectivity index (χ0) is 22.2. The van der Waals surface area contributed by atoms with Gasteiger partial charge in [-0.05, 0) is 64.4 Å². The van der Waals surface area contributed by atoms with Gasteiger partial charge in [-0.15, -0.1) is 0 Å². The van der Waals surface area contributed by atoms with E-state index in [1.54, 1.807) is 0 Å². The Morgan fingerprint density at radius 3 is 2.78 bits per heavy atom. The maximum Gasteiger partial charge on any atom is 0.319 e. The average Bonchev–Trinajstić information content (AvgIpc) is 3.03. The van der Waals surface area contributed by atoms with Gasteiger partial charge in [0, 0.05) is 35.9 Å². The summed E-state index contributed by atoms with van der Waals surface area (Å²) < 4.78 is 5.69. The highest BCUT2D eigenvalue weighted by molar-refractivity contribution is 5.89. The smallest absolute Gasteiger partial charge is 0.319 e. The van der Waals surface area contributed by atoms with Crippen LogP contribution in [0.3, 0.4) is 0 Å². The number of anilines is 2. The molecule has 5 rings (SSSR count). The number of carbonyl (C=O) groups excluding carboxylic acids is 1. The highest BCUT2D eigenvalue weighted by atomic mass is 16.5. The van der Waals surface area contributed by atoms with Crippen molar-refractivity contribution < 1.29 is 9.53 Å². The summed E-state index contributed by atoms with van der Waals surface area (Å²) in [7, 11) is 2.23. The van der Waals surface area contributed by atoms with E-state index in [9.17, 15) is 4.79 Å². The number of morpholine rings is 1. The fraction of sp³-hybridized carbons (Fsp3) is 0.542. The quantitative estimate of drug-likeness (QED) is 0.766. The SMILES string of the molecule is CCNC(=O)Nc1ccc(-c2nc3c(c(N4CCOC[C@@H]4C)n2)CC2CCC3N2C)cc1. The van der Waals surface area contributed by atoms with E-state index in [-0.39, 0.29) is 12.1 Å². The second-order valence-corrected chi connectivity index (χ2v) is 9.03. The summed E-state index contributed by atoms with van der Waals surface area (Å²) in [5.74, 6) is 1.83. The Morgan fingerprint density at radius 2 is 2.03 bits per heavy atom. The first-order valence-electron chi connectivity index (χ1n) is 11.7. The predicted molar refractivity (Wildman–Crippen MR) is 125 cm³/mol. The summed E-state index contributed by atoms with van der Waals surface area (Å²) in [6.07, 6.45) is 3.38. The average molecular weight is 437 g/mol. The van der Waals surface area contributed by atoms with E-state index >= 15 is 0 Å².